The molecule has 0 aromatic heterocycles. The lowest BCUT2D eigenvalue weighted by Gasteiger charge is -2.25. The normalized spacial score (nSPS) is 19.7. The van der Waals surface area contributed by atoms with E-state index in [9.17, 15) is 10.2 Å². The fourth-order valence-electron chi connectivity index (χ4n) is 4.16. The highest BCUT2D eigenvalue weighted by molar-refractivity contribution is 5.85. The highest BCUT2D eigenvalue weighted by Gasteiger charge is 2.23. The van der Waals surface area contributed by atoms with E-state index in [4.69, 9.17) is 9.98 Å². The predicted octanol–water partition coefficient (Wildman–Crippen LogP) is 5.69. The first-order valence-corrected chi connectivity index (χ1v) is 11.1. The zero-order chi connectivity index (χ0) is 21.7. The van der Waals surface area contributed by atoms with Crippen LogP contribution in [0.1, 0.15) is 72.9 Å². The molecule has 0 bridgehead atoms. The molecule has 0 amide bonds. The minimum Gasteiger partial charge on any atom is -0.507 e. The summed E-state index contributed by atoms with van der Waals surface area (Å²) in [5, 5.41) is 20.8. The molecule has 1 fully saturated rings. The molecule has 1 aliphatic rings. The zero-order valence-electron chi connectivity index (χ0n) is 18.7. The Morgan fingerprint density at radius 2 is 1.17 bits per heavy atom. The quantitative estimate of drug-likeness (QED) is 0.605. The zero-order valence-corrected chi connectivity index (χ0v) is 18.7. The first-order valence-electron chi connectivity index (χ1n) is 11.1. The van der Waals surface area contributed by atoms with Crippen LogP contribution in [0.4, 0.5) is 0 Å². The van der Waals surface area contributed by atoms with Crippen molar-refractivity contribution in [1.29, 1.82) is 0 Å². The summed E-state index contributed by atoms with van der Waals surface area (Å²) in [6.07, 6.45) is 9.76. The summed E-state index contributed by atoms with van der Waals surface area (Å²) < 4.78 is 0. The average molecular weight is 407 g/mol. The summed E-state index contributed by atoms with van der Waals surface area (Å²) in [6.45, 7) is 8.09. The third kappa shape index (κ3) is 5.10. The Labute approximate surface area is 180 Å². The van der Waals surface area contributed by atoms with Crippen LogP contribution in [0.2, 0.25) is 0 Å². The molecule has 30 heavy (non-hydrogen) atoms. The first kappa shape index (κ1) is 22.1. The minimum absolute atomic E-state index is 0.0950. The van der Waals surface area contributed by atoms with E-state index >= 15 is 0 Å². The van der Waals surface area contributed by atoms with Crippen molar-refractivity contribution in [3.8, 4) is 11.5 Å². The number of aromatic hydroxyl groups is 2. The van der Waals surface area contributed by atoms with Gasteiger partial charge in [0.2, 0.25) is 0 Å². The van der Waals surface area contributed by atoms with Crippen LogP contribution in [0, 0.1) is 13.8 Å². The number of hydrogen-bond donors (Lipinski definition) is 2. The Hall–Kier alpha value is -2.62. The number of hydrogen-bond acceptors (Lipinski definition) is 4. The van der Waals surface area contributed by atoms with Crippen LogP contribution in [-0.2, 0) is 12.8 Å². The van der Waals surface area contributed by atoms with Gasteiger partial charge in [0.05, 0.1) is 12.1 Å². The average Bonchev–Trinajstić information content (AvgIpc) is 2.76. The van der Waals surface area contributed by atoms with Crippen LogP contribution >= 0.6 is 0 Å². The molecule has 2 N–H and O–H groups in total. The number of phenols is 2. The van der Waals surface area contributed by atoms with Gasteiger partial charge in [0.1, 0.15) is 11.5 Å². The number of aryl methyl sites for hydroxylation is 4. The summed E-state index contributed by atoms with van der Waals surface area (Å²) in [7, 11) is 0. The Morgan fingerprint density at radius 1 is 0.767 bits per heavy atom. The van der Waals surface area contributed by atoms with E-state index in [1.807, 2.05) is 50.5 Å². The highest BCUT2D eigenvalue weighted by atomic mass is 16.3. The van der Waals surface area contributed by atoms with Crippen molar-refractivity contribution < 1.29 is 10.2 Å². The van der Waals surface area contributed by atoms with Crippen LogP contribution in [0.15, 0.2) is 34.3 Å². The van der Waals surface area contributed by atoms with E-state index in [2.05, 4.69) is 13.8 Å². The van der Waals surface area contributed by atoms with Crippen molar-refractivity contribution in [2.75, 3.05) is 0 Å². The summed E-state index contributed by atoms with van der Waals surface area (Å²) in [5.74, 6) is 0.618. The lowest BCUT2D eigenvalue weighted by molar-refractivity contribution is 0.390. The van der Waals surface area contributed by atoms with Crippen LogP contribution in [-0.4, -0.2) is 34.7 Å². The van der Waals surface area contributed by atoms with Crippen LogP contribution < -0.4 is 0 Å². The number of phenolic OH excluding ortho intramolecular Hbond substituents is 2. The molecule has 0 radical (unpaired) electrons. The monoisotopic (exact) mass is 406 g/mol. The second-order valence-electron chi connectivity index (χ2n) is 8.38. The van der Waals surface area contributed by atoms with Crippen LogP contribution in [0.25, 0.3) is 0 Å². The van der Waals surface area contributed by atoms with Gasteiger partial charge >= 0.3 is 0 Å². The topological polar surface area (TPSA) is 65.2 Å². The fraction of sp³-hybridized carbons (Fsp3) is 0.462. The van der Waals surface area contributed by atoms with Crippen molar-refractivity contribution in [1.82, 2.24) is 0 Å². The smallest absolute Gasteiger partial charge is 0.127 e. The maximum atomic E-state index is 10.4. The number of benzene rings is 2. The lowest BCUT2D eigenvalue weighted by Crippen LogP contribution is -2.27. The third-order valence-electron chi connectivity index (χ3n) is 6.10. The molecule has 0 saturated heterocycles. The van der Waals surface area contributed by atoms with E-state index in [-0.39, 0.29) is 12.1 Å². The molecule has 160 valence electrons. The molecular weight excluding hydrogens is 372 g/mol. The minimum atomic E-state index is 0.0950. The lowest BCUT2D eigenvalue weighted by atomic mass is 9.91. The SMILES string of the molecule is CCc1cc(C)c(O)c(C=NC2CCCCC2N=Cc2cc(CC)cc(C)c2O)c1. The Morgan fingerprint density at radius 3 is 1.53 bits per heavy atom. The van der Waals surface area contributed by atoms with E-state index in [1.165, 1.54) is 11.1 Å². The van der Waals surface area contributed by atoms with Gasteiger partial charge in [-0.3, -0.25) is 9.98 Å². The number of nitrogens with zero attached hydrogens (tertiary/aromatic N) is 2. The van der Waals surface area contributed by atoms with Gasteiger partial charge in [0.25, 0.3) is 0 Å². The largest absolute Gasteiger partial charge is 0.507 e. The van der Waals surface area contributed by atoms with Crippen molar-refractivity contribution in [3.63, 3.8) is 0 Å². The first-order chi connectivity index (χ1) is 14.4. The molecule has 4 heteroatoms. The molecule has 2 aromatic rings. The van der Waals surface area contributed by atoms with E-state index in [0.29, 0.717) is 11.5 Å². The Balaban J connectivity index is 1.83. The van der Waals surface area contributed by atoms with E-state index in [1.54, 1.807) is 0 Å². The van der Waals surface area contributed by atoms with E-state index in [0.717, 1.165) is 60.8 Å². The van der Waals surface area contributed by atoms with Gasteiger partial charge in [-0.05, 0) is 73.9 Å². The summed E-state index contributed by atoms with van der Waals surface area (Å²) in [5.41, 5.74) is 5.73. The molecule has 2 atom stereocenters. The second kappa shape index (κ2) is 9.92. The van der Waals surface area contributed by atoms with Gasteiger partial charge < -0.3 is 10.2 Å². The summed E-state index contributed by atoms with van der Waals surface area (Å²) >= 11 is 0. The molecule has 0 spiro atoms. The molecule has 2 aromatic carbocycles. The number of rotatable bonds is 6. The fourth-order valence-corrected chi connectivity index (χ4v) is 4.16. The van der Waals surface area contributed by atoms with Crippen LogP contribution in [0.5, 0.6) is 11.5 Å². The molecule has 3 rings (SSSR count). The van der Waals surface area contributed by atoms with Crippen LogP contribution in [0.3, 0.4) is 0 Å². The maximum Gasteiger partial charge on any atom is 0.127 e. The highest BCUT2D eigenvalue weighted by Crippen LogP contribution is 2.28. The molecule has 0 heterocycles. The van der Waals surface area contributed by atoms with E-state index < -0.39 is 0 Å². The molecule has 4 nitrogen and oxygen atoms in total. The summed E-state index contributed by atoms with van der Waals surface area (Å²) in [4.78, 5) is 9.67. The van der Waals surface area contributed by atoms with Gasteiger partial charge in [-0.2, -0.15) is 0 Å². The predicted molar refractivity (Wildman–Crippen MR) is 126 cm³/mol. The Bertz CT molecular complexity index is 869. The number of aliphatic imine (C=N–C) groups is 2. The van der Waals surface area contributed by atoms with Gasteiger partial charge in [-0.15, -0.1) is 0 Å². The van der Waals surface area contributed by atoms with Gasteiger partial charge in [0, 0.05) is 23.6 Å². The maximum absolute atomic E-state index is 10.4. The third-order valence-corrected chi connectivity index (χ3v) is 6.10. The molecule has 1 aliphatic carbocycles. The van der Waals surface area contributed by atoms with Crippen molar-refractivity contribution in [2.24, 2.45) is 9.98 Å². The van der Waals surface area contributed by atoms with Crippen molar-refractivity contribution in [3.05, 3.63) is 57.6 Å². The molecule has 1 saturated carbocycles. The van der Waals surface area contributed by atoms with Crippen molar-refractivity contribution >= 4 is 12.4 Å². The van der Waals surface area contributed by atoms with Gasteiger partial charge in [0.15, 0.2) is 0 Å². The van der Waals surface area contributed by atoms with Gasteiger partial charge in [-0.1, -0.05) is 38.8 Å². The van der Waals surface area contributed by atoms with Crippen molar-refractivity contribution in [2.45, 2.75) is 78.3 Å². The Kier molecular flexibility index (Phi) is 7.30. The molecule has 2 unspecified atom stereocenters. The van der Waals surface area contributed by atoms with Gasteiger partial charge in [-0.25, -0.2) is 0 Å². The molecule has 0 aliphatic heterocycles. The summed E-state index contributed by atoms with van der Waals surface area (Å²) in [6, 6.07) is 8.28. The molecular formula is C26H34N2O2. The standard InChI is InChI=1S/C26H34N2O2/c1-5-19-11-17(3)25(29)21(13-19)15-27-23-9-7-8-10-24(23)28-16-22-14-20(6-2)12-18(4)26(22)30/h11-16,23-24,29-30H,5-10H2,1-4H3. The second-order valence-corrected chi connectivity index (χ2v) is 8.38.